The molecule has 4 unspecified atom stereocenters. The summed E-state index contributed by atoms with van der Waals surface area (Å²) < 4.78 is 5.03. The quantitative estimate of drug-likeness (QED) is 0.726. The standard InChI is InChI=1S/C16H30N2O2/c1-4-20-15(19)16(2,17)7-8-18(3)11-14-10-12-5-6-13(14)9-12/h12-14H,4-11,17H2,1-3H3. The number of hydrogen-bond acceptors (Lipinski definition) is 4. The van der Waals surface area contributed by atoms with Crippen molar-refractivity contribution < 1.29 is 9.53 Å². The summed E-state index contributed by atoms with van der Waals surface area (Å²) in [4.78, 5) is 14.1. The second kappa shape index (κ2) is 6.44. The van der Waals surface area contributed by atoms with Crippen LogP contribution in [0.5, 0.6) is 0 Å². The first-order chi connectivity index (χ1) is 9.42. The van der Waals surface area contributed by atoms with Gasteiger partial charge < -0.3 is 15.4 Å². The highest BCUT2D eigenvalue weighted by Gasteiger charge is 2.39. The summed E-state index contributed by atoms with van der Waals surface area (Å²) in [5.41, 5.74) is 5.20. The van der Waals surface area contributed by atoms with Gasteiger partial charge in [0.05, 0.1) is 6.61 Å². The van der Waals surface area contributed by atoms with Gasteiger partial charge in [-0.2, -0.15) is 0 Å². The van der Waals surface area contributed by atoms with Gasteiger partial charge in [-0.1, -0.05) is 6.42 Å². The Morgan fingerprint density at radius 2 is 2.15 bits per heavy atom. The van der Waals surface area contributed by atoms with Gasteiger partial charge in [-0.3, -0.25) is 4.79 Å². The topological polar surface area (TPSA) is 55.6 Å². The SMILES string of the molecule is CCOC(=O)C(C)(N)CCN(C)CC1CC2CCC1C2. The molecule has 4 nitrogen and oxygen atoms in total. The number of ether oxygens (including phenoxy) is 1. The van der Waals surface area contributed by atoms with Crippen molar-refractivity contribution in [2.24, 2.45) is 23.5 Å². The van der Waals surface area contributed by atoms with Gasteiger partial charge in [0.1, 0.15) is 5.54 Å². The Labute approximate surface area is 123 Å². The highest BCUT2D eigenvalue weighted by Crippen LogP contribution is 2.48. The van der Waals surface area contributed by atoms with Crippen LogP contribution in [-0.2, 0) is 9.53 Å². The third kappa shape index (κ3) is 3.73. The second-order valence-electron chi connectivity index (χ2n) is 7.09. The van der Waals surface area contributed by atoms with Gasteiger partial charge in [0.2, 0.25) is 0 Å². The number of nitrogens with zero attached hydrogens (tertiary/aromatic N) is 1. The predicted molar refractivity (Wildman–Crippen MR) is 80.3 cm³/mol. The molecule has 116 valence electrons. The smallest absolute Gasteiger partial charge is 0.325 e. The van der Waals surface area contributed by atoms with Crippen LogP contribution in [0.1, 0.15) is 46.0 Å². The molecule has 0 spiro atoms. The third-order valence-corrected chi connectivity index (χ3v) is 5.19. The molecule has 4 atom stereocenters. The Hall–Kier alpha value is -0.610. The maximum absolute atomic E-state index is 11.8. The van der Waals surface area contributed by atoms with E-state index in [4.69, 9.17) is 10.5 Å². The van der Waals surface area contributed by atoms with Crippen LogP contribution in [-0.4, -0.2) is 43.2 Å². The van der Waals surface area contributed by atoms with Crippen molar-refractivity contribution >= 4 is 5.97 Å². The zero-order valence-corrected chi connectivity index (χ0v) is 13.2. The summed E-state index contributed by atoms with van der Waals surface area (Å²) in [5.74, 6) is 2.54. The summed E-state index contributed by atoms with van der Waals surface area (Å²) in [6.45, 7) is 6.00. The van der Waals surface area contributed by atoms with Crippen LogP contribution in [0.15, 0.2) is 0 Å². The molecule has 0 radical (unpaired) electrons. The summed E-state index contributed by atoms with van der Waals surface area (Å²) in [5, 5.41) is 0. The number of esters is 1. The number of carbonyl (C=O) groups is 1. The fourth-order valence-electron chi connectivity index (χ4n) is 3.91. The van der Waals surface area contributed by atoms with Crippen LogP contribution < -0.4 is 5.73 Å². The van der Waals surface area contributed by atoms with Gasteiger partial charge in [-0.05, 0) is 64.3 Å². The molecule has 2 fully saturated rings. The molecule has 2 saturated carbocycles. The van der Waals surface area contributed by atoms with E-state index in [9.17, 15) is 4.79 Å². The molecular formula is C16H30N2O2. The number of hydrogen-bond donors (Lipinski definition) is 1. The molecule has 0 aliphatic heterocycles. The van der Waals surface area contributed by atoms with Gasteiger partial charge >= 0.3 is 5.97 Å². The Morgan fingerprint density at radius 3 is 2.70 bits per heavy atom. The number of rotatable bonds is 7. The molecular weight excluding hydrogens is 252 g/mol. The number of carbonyl (C=O) groups excluding carboxylic acids is 1. The molecule has 0 amide bonds. The lowest BCUT2D eigenvalue weighted by Gasteiger charge is -2.29. The minimum absolute atomic E-state index is 0.284. The van der Waals surface area contributed by atoms with Crippen LogP contribution in [0.2, 0.25) is 0 Å². The van der Waals surface area contributed by atoms with E-state index >= 15 is 0 Å². The number of nitrogens with two attached hydrogens (primary N) is 1. The zero-order valence-electron chi connectivity index (χ0n) is 13.2. The van der Waals surface area contributed by atoms with Gasteiger partial charge in [0.25, 0.3) is 0 Å². The molecule has 2 aliphatic carbocycles. The minimum atomic E-state index is -0.862. The zero-order chi connectivity index (χ0) is 14.8. The van der Waals surface area contributed by atoms with Crippen molar-refractivity contribution in [2.75, 3.05) is 26.7 Å². The average molecular weight is 282 g/mol. The summed E-state index contributed by atoms with van der Waals surface area (Å²) in [6, 6.07) is 0. The van der Waals surface area contributed by atoms with Crippen LogP contribution in [0.25, 0.3) is 0 Å². The largest absolute Gasteiger partial charge is 0.465 e. The maximum Gasteiger partial charge on any atom is 0.325 e. The first-order valence-electron chi connectivity index (χ1n) is 8.07. The van der Waals surface area contributed by atoms with E-state index in [2.05, 4.69) is 11.9 Å². The monoisotopic (exact) mass is 282 g/mol. The Morgan fingerprint density at radius 1 is 1.40 bits per heavy atom. The molecule has 4 heteroatoms. The van der Waals surface area contributed by atoms with Gasteiger partial charge in [0.15, 0.2) is 0 Å². The van der Waals surface area contributed by atoms with E-state index in [1.54, 1.807) is 6.92 Å². The minimum Gasteiger partial charge on any atom is -0.465 e. The molecule has 20 heavy (non-hydrogen) atoms. The second-order valence-corrected chi connectivity index (χ2v) is 7.09. The van der Waals surface area contributed by atoms with Crippen molar-refractivity contribution in [3.8, 4) is 0 Å². The summed E-state index contributed by atoms with van der Waals surface area (Å²) in [6.07, 6.45) is 6.40. The highest BCUT2D eigenvalue weighted by atomic mass is 16.5. The lowest BCUT2D eigenvalue weighted by molar-refractivity contribution is -0.149. The van der Waals surface area contributed by atoms with Crippen LogP contribution in [0, 0.1) is 17.8 Å². The first kappa shape index (κ1) is 15.8. The fourth-order valence-corrected chi connectivity index (χ4v) is 3.91. The van der Waals surface area contributed by atoms with Gasteiger partial charge in [-0.15, -0.1) is 0 Å². The van der Waals surface area contributed by atoms with Gasteiger partial charge in [0, 0.05) is 13.1 Å². The molecule has 2 bridgehead atoms. The van der Waals surface area contributed by atoms with Gasteiger partial charge in [-0.25, -0.2) is 0 Å². The molecule has 2 aliphatic rings. The van der Waals surface area contributed by atoms with Crippen LogP contribution in [0.4, 0.5) is 0 Å². The predicted octanol–water partition coefficient (Wildman–Crippen LogP) is 2.02. The highest BCUT2D eigenvalue weighted by molar-refractivity contribution is 5.79. The fraction of sp³-hybridized carbons (Fsp3) is 0.938. The summed E-state index contributed by atoms with van der Waals surface area (Å²) in [7, 11) is 2.15. The average Bonchev–Trinajstić information content (AvgIpc) is 2.99. The van der Waals surface area contributed by atoms with Crippen molar-refractivity contribution in [2.45, 2.75) is 51.5 Å². The number of fused-ring (bicyclic) bond motifs is 2. The summed E-state index contributed by atoms with van der Waals surface area (Å²) >= 11 is 0. The van der Waals surface area contributed by atoms with Crippen LogP contribution >= 0.6 is 0 Å². The third-order valence-electron chi connectivity index (χ3n) is 5.19. The van der Waals surface area contributed by atoms with E-state index in [1.165, 1.54) is 25.7 Å². The lowest BCUT2D eigenvalue weighted by Crippen LogP contribution is -2.48. The van der Waals surface area contributed by atoms with E-state index in [0.717, 1.165) is 30.8 Å². The molecule has 0 aromatic carbocycles. The Bertz CT molecular complexity index is 343. The van der Waals surface area contributed by atoms with Crippen molar-refractivity contribution in [1.82, 2.24) is 4.90 Å². The van der Waals surface area contributed by atoms with E-state index in [1.807, 2.05) is 6.92 Å². The van der Waals surface area contributed by atoms with Crippen molar-refractivity contribution in [1.29, 1.82) is 0 Å². The Balaban J connectivity index is 1.72. The molecule has 2 N–H and O–H groups in total. The maximum atomic E-state index is 11.8. The molecule has 0 aromatic heterocycles. The van der Waals surface area contributed by atoms with E-state index in [0.29, 0.717) is 13.0 Å². The normalized spacial score (nSPS) is 31.6. The first-order valence-corrected chi connectivity index (χ1v) is 8.07. The van der Waals surface area contributed by atoms with Crippen LogP contribution in [0.3, 0.4) is 0 Å². The van der Waals surface area contributed by atoms with Crippen molar-refractivity contribution in [3.63, 3.8) is 0 Å². The molecule has 0 saturated heterocycles. The molecule has 0 heterocycles. The van der Waals surface area contributed by atoms with E-state index < -0.39 is 5.54 Å². The molecule has 0 aromatic rings. The lowest BCUT2D eigenvalue weighted by atomic mass is 9.88. The molecule has 2 rings (SSSR count). The van der Waals surface area contributed by atoms with E-state index in [-0.39, 0.29) is 5.97 Å². The van der Waals surface area contributed by atoms with Crippen molar-refractivity contribution in [3.05, 3.63) is 0 Å². The Kier molecular flexibility index (Phi) is 5.08.